The Morgan fingerprint density at radius 1 is 1.50 bits per heavy atom. The van der Waals surface area contributed by atoms with Crippen molar-refractivity contribution in [3.8, 4) is 5.75 Å². The fourth-order valence-electron chi connectivity index (χ4n) is 2.72. The lowest BCUT2D eigenvalue weighted by molar-refractivity contribution is 0.0609. The predicted octanol–water partition coefficient (Wildman–Crippen LogP) is 3.20. The fraction of sp³-hybridized carbons (Fsp3) is 0.625. The molecule has 1 aliphatic heterocycles. The lowest BCUT2D eigenvalue weighted by atomic mass is 9.93. The third kappa shape index (κ3) is 4.97. The van der Waals surface area contributed by atoms with Crippen LogP contribution in [0.2, 0.25) is 5.02 Å². The SMILES string of the molecule is CC(O)C1CCCN(CCCOc2cccc(Cl)c2)C1. The normalized spacial score (nSPS) is 21.6. The summed E-state index contributed by atoms with van der Waals surface area (Å²) in [6.45, 7) is 5.78. The minimum absolute atomic E-state index is 0.194. The van der Waals surface area contributed by atoms with Crippen LogP contribution in [0.1, 0.15) is 26.2 Å². The number of ether oxygens (including phenoxy) is 1. The lowest BCUT2D eigenvalue weighted by Crippen LogP contribution is -2.40. The molecule has 0 radical (unpaired) electrons. The van der Waals surface area contributed by atoms with E-state index in [4.69, 9.17) is 16.3 Å². The van der Waals surface area contributed by atoms with Crippen molar-refractivity contribution in [1.29, 1.82) is 0 Å². The summed E-state index contributed by atoms with van der Waals surface area (Å²) in [4.78, 5) is 2.43. The van der Waals surface area contributed by atoms with Gasteiger partial charge in [-0.1, -0.05) is 17.7 Å². The summed E-state index contributed by atoms with van der Waals surface area (Å²) in [7, 11) is 0. The number of likely N-dealkylation sites (tertiary alicyclic amines) is 1. The van der Waals surface area contributed by atoms with Gasteiger partial charge in [-0.05, 0) is 56.8 Å². The number of nitrogens with zero attached hydrogens (tertiary/aromatic N) is 1. The van der Waals surface area contributed by atoms with E-state index < -0.39 is 0 Å². The van der Waals surface area contributed by atoms with E-state index in [9.17, 15) is 5.11 Å². The molecule has 1 aromatic rings. The molecule has 4 heteroatoms. The van der Waals surface area contributed by atoms with Crippen molar-refractivity contribution in [3.05, 3.63) is 29.3 Å². The maximum atomic E-state index is 9.68. The molecule has 20 heavy (non-hydrogen) atoms. The summed E-state index contributed by atoms with van der Waals surface area (Å²) in [6.07, 6.45) is 3.14. The Bertz CT molecular complexity index is 411. The van der Waals surface area contributed by atoms with E-state index in [2.05, 4.69) is 4.90 Å². The molecule has 112 valence electrons. The first-order valence-corrected chi connectivity index (χ1v) is 7.82. The molecule has 0 bridgehead atoms. The highest BCUT2D eigenvalue weighted by atomic mass is 35.5. The Balaban J connectivity index is 1.66. The molecular weight excluding hydrogens is 274 g/mol. The fourth-order valence-corrected chi connectivity index (χ4v) is 2.90. The first-order chi connectivity index (χ1) is 9.65. The van der Waals surface area contributed by atoms with Gasteiger partial charge in [-0.3, -0.25) is 0 Å². The average molecular weight is 298 g/mol. The van der Waals surface area contributed by atoms with E-state index in [0.29, 0.717) is 17.5 Å². The molecule has 0 aliphatic carbocycles. The largest absolute Gasteiger partial charge is 0.493 e. The molecule has 1 fully saturated rings. The third-order valence-corrected chi connectivity index (χ3v) is 4.14. The van der Waals surface area contributed by atoms with Crippen LogP contribution < -0.4 is 4.74 Å². The van der Waals surface area contributed by atoms with Crippen molar-refractivity contribution in [3.63, 3.8) is 0 Å². The molecule has 1 N–H and O–H groups in total. The summed E-state index contributed by atoms with van der Waals surface area (Å²) in [5, 5.41) is 10.4. The summed E-state index contributed by atoms with van der Waals surface area (Å²) < 4.78 is 5.69. The summed E-state index contributed by atoms with van der Waals surface area (Å²) in [5.74, 6) is 1.26. The molecule has 2 rings (SSSR count). The van der Waals surface area contributed by atoms with Gasteiger partial charge in [0.15, 0.2) is 0 Å². The van der Waals surface area contributed by atoms with Crippen molar-refractivity contribution in [2.75, 3.05) is 26.2 Å². The van der Waals surface area contributed by atoms with E-state index in [1.807, 2.05) is 31.2 Å². The molecule has 3 nitrogen and oxygen atoms in total. The molecule has 1 aromatic carbocycles. The zero-order valence-electron chi connectivity index (χ0n) is 12.1. The van der Waals surface area contributed by atoms with Crippen LogP contribution in [0.4, 0.5) is 0 Å². The second kappa shape index (κ2) is 7.87. The molecule has 0 saturated carbocycles. The Hall–Kier alpha value is -0.770. The zero-order valence-corrected chi connectivity index (χ0v) is 12.9. The quantitative estimate of drug-likeness (QED) is 0.819. The van der Waals surface area contributed by atoms with Crippen LogP contribution in [0, 0.1) is 5.92 Å². The number of hydrogen-bond acceptors (Lipinski definition) is 3. The van der Waals surface area contributed by atoms with Crippen molar-refractivity contribution < 1.29 is 9.84 Å². The summed E-state index contributed by atoms with van der Waals surface area (Å²) >= 11 is 5.91. The van der Waals surface area contributed by atoms with Gasteiger partial charge in [0.1, 0.15) is 5.75 Å². The topological polar surface area (TPSA) is 32.7 Å². The molecular formula is C16H24ClNO2. The van der Waals surface area contributed by atoms with Crippen LogP contribution in [0.3, 0.4) is 0 Å². The third-order valence-electron chi connectivity index (χ3n) is 3.91. The first-order valence-electron chi connectivity index (χ1n) is 7.44. The number of rotatable bonds is 6. The predicted molar refractivity (Wildman–Crippen MR) is 82.4 cm³/mol. The molecule has 2 atom stereocenters. The van der Waals surface area contributed by atoms with Gasteiger partial charge in [-0.25, -0.2) is 0 Å². The van der Waals surface area contributed by atoms with Gasteiger partial charge in [0, 0.05) is 18.1 Å². The van der Waals surface area contributed by atoms with Gasteiger partial charge in [-0.2, -0.15) is 0 Å². The van der Waals surface area contributed by atoms with E-state index in [-0.39, 0.29) is 6.10 Å². The minimum atomic E-state index is -0.194. The van der Waals surface area contributed by atoms with Gasteiger partial charge in [0.05, 0.1) is 12.7 Å². The highest BCUT2D eigenvalue weighted by molar-refractivity contribution is 6.30. The second-order valence-corrected chi connectivity index (χ2v) is 6.04. The number of piperidine rings is 1. The van der Waals surface area contributed by atoms with Gasteiger partial charge in [0.2, 0.25) is 0 Å². The van der Waals surface area contributed by atoms with Gasteiger partial charge in [0.25, 0.3) is 0 Å². The first kappa shape index (κ1) is 15.6. The average Bonchev–Trinajstić information content (AvgIpc) is 2.44. The van der Waals surface area contributed by atoms with Gasteiger partial charge in [-0.15, -0.1) is 0 Å². The van der Waals surface area contributed by atoms with Crippen molar-refractivity contribution in [2.24, 2.45) is 5.92 Å². The number of benzene rings is 1. The van der Waals surface area contributed by atoms with Crippen LogP contribution in [0.25, 0.3) is 0 Å². The van der Waals surface area contributed by atoms with Gasteiger partial charge >= 0.3 is 0 Å². The number of aliphatic hydroxyl groups excluding tert-OH is 1. The number of hydrogen-bond donors (Lipinski definition) is 1. The second-order valence-electron chi connectivity index (χ2n) is 5.60. The van der Waals surface area contributed by atoms with Crippen LogP contribution in [0.15, 0.2) is 24.3 Å². The van der Waals surface area contributed by atoms with E-state index in [1.165, 1.54) is 6.42 Å². The van der Waals surface area contributed by atoms with Crippen LogP contribution in [0.5, 0.6) is 5.75 Å². The Morgan fingerprint density at radius 3 is 3.10 bits per heavy atom. The Labute approximate surface area is 126 Å². The van der Waals surface area contributed by atoms with Crippen molar-refractivity contribution in [1.82, 2.24) is 4.90 Å². The highest BCUT2D eigenvalue weighted by Crippen LogP contribution is 2.20. The van der Waals surface area contributed by atoms with Crippen LogP contribution in [-0.4, -0.2) is 42.4 Å². The molecule has 0 aromatic heterocycles. The van der Waals surface area contributed by atoms with E-state index in [1.54, 1.807) is 0 Å². The van der Waals surface area contributed by atoms with Gasteiger partial charge < -0.3 is 14.7 Å². The number of aliphatic hydroxyl groups is 1. The molecule has 0 amide bonds. The minimum Gasteiger partial charge on any atom is -0.493 e. The molecule has 2 unspecified atom stereocenters. The lowest BCUT2D eigenvalue weighted by Gasteiger charge is -2.34. The molecule has 0 spiro atoms. The molecule has 1 saturated heterocycles. The Kier molecular flexibility index (Phi) is 6.14. The van der Waals surface area contributed by atoms with Crippen LogP contribution in [-0.2, 0) is 0 Å². The highest BCUT2D eigenvalue weighted by Gasteiger charge is 2.22. The van der Waals surface area contributed by atoms with Crippen LogP contribution >= 0.6 is 11.6 Å². The maximum Gasteiger partial charge on any atom is 0.120 e. The maximum absolute atomic E-state index is 9.68. The van der Waals surface area contributed by atoms with Crippen molar-refractivity contribution in [2.45, 2.75) is 32.3 Å². The summed E-state index contributed by atoms with van der Waals surface area (Å²) in [6, 6.07) is 7.51. The molecule has 1 aliphatic rings. The zero-order chi connectivity index (χ0) is 14.4. The standard InChI is InChI=1S/C16H24ClNO2/c1-13(19)14-5-3-8-18(12-14)9-4-10-20-16-7-2-6-15(17)11-16/h2,6-7,11,13-14,19H,3-5,8-10,12H2,1H3. The van der Waals surface area contributed by atoms with E-state index >= 15 is 0 Å². The Morgan fingerprint density at radius 2 is 2.35 bits per heavy atom. The smallest absolute Gasteiger partial charge is 0.120 e. The summed E-state index contributed by atoms with van der Waals surface area (Å²) in [5.41, 5.74) is 0. The van der Waals surface area contributed by atoms with Crippen molar-refractivity contribution >= 4 is 11.6 Å². The number of halogens is 1. The monoisotopic (exact) mass is 297 g/mol. The molecule has 1 heterocycles. The van der Waals surface area contributed by atoms with E-state index in [0.717, 1.165) is 38.2 Å².